The normalized spacial score (nSPS) is 17.6. The van der Waals surface area contributed by atoms with Gasteiger partial charge in [-0.05, 0) is 50.1 Å². The van der Waals surface area contributed by atoms with Crippen molar-refractivity contribution in [1.82, 2.24) is 0 Å². The molecule has 0 unspecified atom stereocenters. The Bertz CT molecular complexity index is 1430. The van der Waals surface area contributed by atoms with Crippen molar-refractivity contribution in [2.24, 2.45) is 0 Å². The SMILES string of the molecule is COC(=O)C=C1C[C@@H](O[Si](c2ccccc2)(c2ccccc2)C(C)(C)C)C[C@H](O[Si](c2ccccc2)(c2ccccc2)C(C)(C)C)C1. The molecule has 47 heavy (non-hydrogen) atoms. The molecule has 0 spiro atoms. The van der Waals surface area contributed by atoms with Crippen LogP contribution in [0.25, 0.3) is 0 Å². The smallest absolute Gasteiger partial charge is 0.330 e. The third-order valence-electron chi connectivity index (χ3n) is 9.55. The fraction of sp³-hybridized carbons (Fsp3) is 0.341. The van der Waals surface area contributed by atoms with Crippen LogP contribution in [-0.4, -0.2) is 41.9 Å². The van der Waals surface area contributed by atoms with Crippen LogP contribution >= 0.6 is 0 Å². The van der Waals surface area contributed by atoms with Crippen LogP contribution in [-0.2, 0) is 18.4 Å². The molecular formula is C41H50O4Si2. The van der Waals surface area contributed by atoms with Gasteiger partial charge >= 0.3 is 5.97 Å². The van der Waals surface area contributed by atoms with E-state index in [0.717, 1.165) is 12.0 Å². The van der Waals surface area contributed by atoms with Gasteiger partial charge in [0, 0.05) is 6.08 Å². The van der Waals surface area contributed by atoms with E-state index in [4.69, 9.17) is 13.6 Å². The van der Waals surface area contributed by atoms with Crippen molar-refractivity contribution < 1.29 is 18.4 Å². The fourth-order valence-electron chi connectivity index (χ4n) is 7.53. The topological polar surface area (TPSA) is 44.8 Å². The lowest BCUT2D eigenvalue weighted by Gasteiger charge is -2.49. The van der Waals surface area contributed by atoms with Gasteiger partial charge < -0.3 is 13.6 Å². The molecule has 0 saturated heterocycles. The maximum absolute atomic E-state index is 12.7. The molecule has 5 rings (SSSR count). The Morgan fingerprint density at radius 3 is 1.13 bits per heavy atom. The van der Waals surface area contributed by atoms with Gasteiger partial charge in [-0.25, -0.2) is 4.79 Å². The number of hydrogen-bond donors (Lipinski definition) is 0. The van der Waals surface area contributed by atoms with Gasteiger partial charge in [0.2, 0.25) is 0 Å². The Morgan fingerprint density at radius 1 is 0.574 bits per heavy atom. The Balaban J connectivity index is 1.64. The number of hydrogen-bond acceptors (Lipinski definition) is 4. The summed E-state index contributed by atoms with van der Waals surface area (Å²) in [6.07, 6.45) is 3.39. The van der Waals surface area contributed by atoms with E-state index in [9.17, 15) is 4.79 Å². The predicted molar refractivity (Wildman–Crippen MR) is 199 cm³/mol. The first-order valence-electron chi connectivity index (χ1n) is 16.8. The summed E-state index contributed by atoms with van der Waals surface area (Å²) in [6, 6.07) is 43.1. The second-order valence-electron chi connectivity index (χ2n) is 14.8. The average molecular weight is 663 g/mol. The molecule has 4 aromatic rings. The average Bonchev–Trinajstić information content (AvgIpc) is 3.06. The number of ether oxygens (including phenoxy) is 1. The lowest BCUT2D eigenvalue weighted by Crippen LogP contribution is -2.69. The van der Waals surface area contributed by atoms with Gasteiger partial charge in [0.1, 0.15) is 0 Å². The zero-order valence-electron chi connectivity index (χ0n) is 29.0. The zero-order chi connectivity index (χ0) is 33.7. The molecule has 0 N–H and O–H groups in total. The molecule has 4 nitrogen and oxygen atoms in total. The van der Waals surface area contributed by atoms with Gasteiger partial charge in [0.05, 0.1) is 19.3 Å². The molecule has 246 valence electrons. The van der Waals surface area contributed by atoms with Crippen molar-refractivity contribution in [2.75, 3.05) is 7.11 Å². The first-order valence-corrected chi connectivity index (χ1v) is 20.6. The van der Waals surface area contributed by atoms with Crippen LogP contribution in [0.2, 0.25) is 10.1 Å². The number of esters is 1. The first-order chi connectivity index (χ1) is 22.4. The lowest BCUT2D eigenvalue weighted by molar-refractivity contribution is -0.134. The zero-order valence-corrected chi connectivity index (χ0v) is 31.0. The van der Waals surface area contributed by atoms with E-state index in [2.05, 4.69) is 163 Å². The highest BCUT2D eigenvalue weighted by Crippen LogP contribution is 2.43. The third-order valence-corrected chi connectivity index (χ3v) is 19.7. The van der Waals surface area contributed by atoms with Crippen molar-refractivity contribution >= 4 is 43.4 Å². The molecular weight excluding hydrogens is 613 g/mol. The van der Waals surface area contributed by atoms with Gasteiger partial charge in [-0.15, -0.1) is 0 Å². The highest BCUT2D eigenvalue weighted by Gasteiger charge is 2.54. The van der Waals surface area contributed by atoms with Crippen LogP contribution < -0.4 is 20.7 Å². The van der Waals surface area contributed by atoms with E-state index in [1.165, 1.54) is 27.9 Å². The molecule has 4 aromatic carbocycles. The van der Waals surface area contributed by atoms with E-state index >= 15 is 0 Å². The Hall–Kier alpha value is -3.56. The van der Waals surface area contributed by atoms with Crippen LogP contribution in [0.1, 0.15) is 60.8 Å². The minimum absolute atomic E-state index is 0.158. The summed E-state index contributed by atoms with van der Waals surface area (Å²) in [7, 11) is -4.27. The van der Waals surface area contributed by atoms with E-state index in [0.29, 0.717) is 12.8 Å². The summed E-state index contributed by atoms with van der Waals surface area (Å²) in [5.74, 6) is -0.338. The second-order valence-corrected chi connectivity index (χ2v) is 23.3. The summed E-state index contributed by atoms with van der Waals surface area (Å²) in [5.41, 5.74) is 1.01. The Morgan fingerprint density at radius 2 is 0.872 bits per heavy atom. The molecule has 1 saturated carbocycles. The minimum Gasteiger partial charge on any atom is -0.466 e. The maximum Gasteiger partial charge on any atom is 0.330 e. The predicted octanol–water partition coefficient (Wildman–Crippen LogP) is 7.16. The van der Waals surface area contributed by atoms with Crippen molar-refractivity contribution in [3.8, 4) is 0 Å². The largest absolute Gasteiger partial charge is 0.466 e. The van der Waals surface area contributed by atoms with Crippen LogP contribution in [0.5, 0.6) is 0 Å². The molecule has 1 aliphatic carbocycles. The van der Waals surface area contributed by atoms with Crippen molar-refractivity contribution in [3.63, 3.8) is 0 Å². The minimum atomic E-state index is -2.85. The number of benzene rings is 4. The number of carbonyl (C=O) groups excluding carboxylic acids is 1. The van der Waals surface area contributed by atoms with Crippen molar-refractivity contribution in [2.45, 2.75) is 83.1 Å². The molecule has 1 fully saturated rings. The molecule has 0 aromatic heterocycles. The highest BCUT2D eigenvalue weighted by molar-refractivity contribution is 7.00. The van der Waals surface area contributed by atoms with Gasteiger partial charge in [-0.1, -0.05) is 168 Å². The summed E-state index contributed by atoms with van der Waals surface area (Å²) in [4.78, 5) is 12.7. The van der Waals surface area contributed by atoms with Crippen molar-refractivity contribution in [1.29, 1.82) is 0 Å². The molecule has 0 amide bonds. The number of methoxy groups -OCH3 is 1. The molecule has 2 atom stereocenters. The molecule has 0 aliphatic heterocycles. The van der Waals surface area contributed by atoms with E-state index < -0.39 is 16.6 Å². The van der Waals surface area contributed by atoms with E-state index in [1.54, 1.807) is 6.08 Å². The van der Waals surface area contributed by atoms with Crippen molar-refractivity contribution in [3.05, 3.63) is 133 Å². The number of carbonyl (C=O) groups is 1. The van der Waals surface area contributed by atoms with Gasteiger partial charge in [0.25, 0.3) is 16.6 Å². The lowest BCUT2D eigenvalue weighted by atomic mass is 9.90. The van der Waals surface area contributed by atoms with E-state index in [1.807, 2.05) is 0 Å². The monoisotopic (exact) mass is 662 g/mol. The summed E-state index contributed by atoms with van der Waals surface area (Å²) >= 11 is 0. The summed E-state index contributed by atoms with van der Waals surface area (Å²) in [6.45, 7) is 13.9. The van der Waals surface area contributed by atoms with Crippen LogP contribution in [0.4, 0.5) is 0 Å². The first kappa shape index (κ1) is 34.8. The van der Waals surface area contributed by atoms with Gasteiger partial charge in [-0.2, -0.15) is 0 Å². The summed E-state index contributed by atoms with van der Waals surface area (Å²) in [5, 5.41) is 4.63. The van der Waals surface area contributed by atoms with E-state index in [-0.39, 0.29) is 28.3 Å². The molecule has 0 radical (unpaired) electrons. The number of rotatable bonds is 9. The van der Waals surface area contributed by atoms with Gasteiger partial charge in [-0.3, -0.25) is 0 Å². The Labute approximate surface area is 284 Å². The Kier molecular flexibility index (Phi) is 10.6. The van der Waals surface area contributed by atoms with Crippen LogP contribution in [0.3, 0.4) is 0 Å². The highest BCUT2D eigenvalue weighted by atomic mass is 28.4. The summed E-state index contributed by atoms with van der Waals surface area (Å²) < 4.78 is 20.5. The molecule has 0 bridgehead atoms. The van der Waals surface area contributed by atoms with Crippen LogP contribution in [0.15, 0.2) is 133 Å². The molecule has 1 aliphatic rings. The van der Waals surface area contributed by atoms with Gasteiger partial charge in [0.15, 0.2) is 0 Å². The third kappa shape index (κ3) is 7.16. The van der Waals surface area contributed by atoms with Crippen LogP contribution in [0, 0.1) is 0 Å². The quantitative estimate of drug-likeness (QED) is 0.108. The molecule has 6 heteroatoms. The second kappa shape index (κ2) is 14.3. The fourth-order valence-corrected chi connectivity index (χ4v) is 16.9. The maximum atomic E-state index is 12.7. The standard InChI is InChI=1S/C41H50O4Si2/c1-40(2,3)46(35-20-12-8-13-21-35,36-22-14-9-15-23-36)44-33-28-32(30-39(42)43-7)29-34(31-33)45-47(41(4,5)6,37-24-16-10-17-25-37)38-26-18-11-19-27-38/h8-27,30,33-34H,28-29,31H2,1-7H3/t33-,34-/m1/s1. The molecule has 0 heterocycles.